The molecule has 106 valence electrons. The lowest BCUT2D eigenvalue weighted by Crippen LogP contribution is -2.35. The predicted molar refractivity (Wildman–Crippen MR) is 81.3 cm³/mol. The van der Waals surface area contributed by atoms with E-state index in [9.17, 15) is 0 Å². The van der Waals surface area contributed by atoms with Gasteiger partial charge in [0.15, 0.2) is 5.82 Å². The summed E-state index contributed by atoms with van der Waals surface area (Å²) in [5.74, 6) is 0.703. The highest BCUT2D eigenvalue weighted by molar-refractivity contribution is 5.54. The summed E-state index contributed by atoms with van der Waals surface area (Å²) < 4.78 is 0. The van der Waals surface area contributed by atoms with Crippen molar-refractivity contribution >= 4 is 0 Å². The Morgan fingerprint density at radius 3 is 2.55 bits per heavy atom. The molecule has 0 aliphatic heterocycles. The maximum Gasteiger partial charge on any atom is 0.178 e. The van der Waals surface area contributed by atoms with Crippen LogP contribution < -0.4 is 5.32 Å². The van der Waals surface area contributed by atoms with E-state index in [0.29, 0.717) is 5.82 Å². The molecule has 0 bridgehead atoms. The van der Waals surface area contributed by atoms with Crippen molar-refractivity contribution in [1.29, 1.82) is 0 Å². The van der Waals surface area contributed by atoms with E-state index in [4.69, 9.17) is 0 Å². The first-order valence-electron chi connectivity index (χ1n) is 6.87. The minimum Gasteiger partial charge on any atom is -0.306 e. The minimum absolute atomic E-state index is 0.0694. The lowest BCUT2D eigenvalue weighted by molar-refractivity contribution is 0.421. The zero-order chi connectivity index (χ0) is 14.8. The van der Waals surface area contributed by atoms with Crippen LogP contribution in [0.3, 0.4) is 0 Å². The molecule has 2 aromatic rings. The summed E-state index contributed by atoms with van der Waals surface area (Å²) in [6.07, 6.45) is 1.78. The van der Waals surface area contributed by atoms with Crippen molar-refractivity contribution in [2.45, 2.75) is 46.7 Å². The van der Waals surface area contributed by atoms with E-state index in [1.807, 2.05) is 32.0 Å². The molecular formula is C16H22N4. The predicted octanol–water partition coefficient (Wildman–Crippen LogP) is 3.04. The second-order valence-corrected chi connectivity index (χ2v) is 6.10. The van der Waals surface area contributed by atoms with Gasteiger partial charge in [-0.2, -0.15) is 0 Å². The highest BCUT2D eigenvalue weighted by Crippen LogP contribution is 2.17. The van der Waals surface area contributed by atoms with Gasteiger partial charge in [-0.15, -0.1) is 0 Å². The van der Waals surface area contributed by atoms with Gasteiger partial charge in [0, 0.05) is 24.0 Å². The lowest BCUT2D eigenvalue weighted by atomic mass is 10.1. The van der Waals surface area contributed by atoms with Gasteiger partial charge in [0.05, 0.1) is 5.69 Å². The van der Waals surface area contributed by atoms with E-state index in [-0.39, 0.29) is 5.54 Å². The van der Waals surface area contributed by atoms with Gasteiger partial charge in [0.2, 0.25) is 0 Å². The monoisotopic (exact) mass is 270 g/mol. The maximum absolute atomic E-state index is 4.63. The SMILES string of the molecule is Cc1cc(CNC(C)(C)C)nc(-c2ncccc2C)n1. The zero-order valence-corrected chi connectivity index (χ0v) is 12.9. The highest BCUT2D eigenvalue weighted by atomic mass is 15.0. The maximum atomic E-state index is 4.63. The second kappa shape index (κ2) is 5.67. The number of nitrogens with one attached hydrogen (secondary N) is 1. The molecule has 20 heavy (non-hydrogen) atoms. The van der Waals surface area contributed by atoms with Gasteiger partial charge in [-0.1, -0.05) is 6.07 Å². The third-order valence-corrected chi connectivity index (χ3v) is 2.93. The van der Waals surface area contributed by atoms with Crippen molar-refractivity contribution in [3.8, 4) is 11.5 Å². The normalized spacial score (nSPS) is 11.7. The van der Waals surface area contributed by atoms with Crippen LogP contribution in [0.15, 0.2) is 24.4 Å². The van der Waals surface area contributed by atoms with Gasteiger partial charge in [-0.05, 0) is 52.3 Å². The lowest BCUT2D eigenvalue weighted by Gasteiger charge is -2.20. The van der Waals surface area contributed by atoms with Crippen LogP contribution in [0, 0.1) is 13.8 Å². The van der Waals surface area contributed by atoms with Crippen LogP contribution in [0.4, 0.5) is 0 Å². The van der Waals surface area contributed by atoms with Gasteiger partial charge in [-0.25, -0.2) is 9.97 Å². The Hall–Kier alpha value is -1.81. The molecular weight excluding hydrogens is 248 g/mol. The molecule has 0 aromatic carbocycles. The first-order chi connectivity index (χ1) is 9.35. The summed E-state index contributed by atoms with van der Waals surface area (Å²) in [6, 6.07) is 5.97. The molecule has 4 heteroatoms. The Labute approximate surface area is 120 Å². The van der Waals surface area contributed by atoms with Crippen LogP contribution in [0.25, 0.3) is 11.5 Å². The molecule has 2 aromatic heterocycles. The fraction of sp³-hybridized carbons (Fsp3) is 0.438. The van der Waals surface area contributed by atoms with Crippen LogP contribution in [0.1, 0.15) is 37.7 Å². The third-order valence-electron chi connectivity index (χ3n) is 2.93. The Balaban J connectivity index is 2.32. The van der Waals surface area contributed by atoms with Crippen molar-refractivity contribution in [1.82, 2.24) is 20.3 Å². The second-order valence-electron chi connectivity index (χ2n) is 6.10. The Bertz CT molecular complexity index is 600. The molecule has 1 N–H and O–H groups in total. The molecule has 2 rings (SSSR count). The minimum atomic E-state index is 0.0694. The van der Waals surface area contributed by atoms with Crippen LogP contribution in [0.2, 0.25) is 0 Å². The van der Waals surface area contributed by atoms with Crippen molar-refractivity contribution in [3.63, 3.8) is 0 Å². The Morgan fingerprint density at radius 2 is 1.90 bits per heavy atom. The van der Waals surface area contributed by atoms with Gasteiger partial charge >= 0.3 is 0 Å². The van der Waals surface area contributed by atoms with Crippen molar-refractivity contribution in [3.05, 3.63) is 41.3 Å². The molecule has 0 saturated carbocycles. The van der Waals surface area contributed by atoms with Crippen molar-refractivity contribution in [2.75, 3.05) is 0 Å². The number of hydrogen-bond donors (Lipinski definition) is 1. The molecule has 0 saturated heterocycles. The summed E-state index contributed by atoms with van der Waals surface area (Å²) >= 11 is 0. The number of pyridine rings is 1. The summed E-state index contributed by atoms with van der Waals surface area (Å²) in [5, 5.41) is 3.45. The summed E-state index contributed by atoms with van der Waals surface area (Å²) in [5.41, 5.74) is 3.97. The van der Waals surface area contributed by atoms with Gasteiger partial charge in [-0.3, -0.25) is 4.98 Å². The molecule has 0 atom stereocenters. The number of nitrogens with zero attached hydrogens (tertiary/aromatic N) is 3. The molecule has 4 nitrogen and oxygen atoms in total. The largest absolute Gasteiger partial charge is 0.306 e. The van der Waals surface area contributed by atoms with Crippen LogP contribution in [-0.4, -0.2) is 20.5 Å². The van der Waals surface area contributed by atoms with Gasteiger partial charge < -0.3 is 5.32 Å². The first-order valence-corrected chi connectivity index (χ1v) is 6.87. The number of rotatable bonds is 3. The van der Waals surface area contributed by atoms with Crippen molar-refractivity contribution < 1.29 is 0 Å². The smallest absolute Gasteiger partial charge is 0.178 e. The molecule has 0 unspecified atom stereocenters. The van der Waals surface area contributed by atoms with Gasteiger partial charge in [0.25, 0.3) is 0 Å². The summed E-state index contributed by atoms with van der Waals surface area (Å²) in [4.78, 5) is 13.5. The Kier molecular flexibility index (Phi) is 4.14. The van der Waals surface area contributed by atoms with Crippen LogP contribution in [0.5, 0.6) is 0 Å². The van der Waals surface area contributed by atoms with E-state index >= 15 is 0 Å². The quantitative estimate of drug-likeness (QED) is 0.931. The fourth-order valence-corrected chi connectivity index (χ4v) is 1.91. The molecule has 0 radical (unpaired) electrons. The molecule has 2 heterocycles. The average molecular weight is 270 g/mol. The molecule has 0 aliphatic carbocycles. The topological polar surface area (TPSA) is 50.7 Å². The number of aryl methyl sites for hydroxylation is 2. The first kappa shape index (κ1) is 14.6. The molecule has 0 spiro atoms. The van der Waals surface area contributed by atoms with Crippen molar-refractivity contribution in [2.24, 2.45) is 0 Å². The zero-order valence-electron chi connectivity index (χ0n) is 12.9. The average Bonchev–Trinajstić information content (AvgIpc) is 2.35. The Morgan fingerprint density at radius 1 is 1.15 bits per heavy atom. The van der Waals surface area contributed by atoms with E-state index < -0.39 is 0 Å². The summed E-state index contributed by atoms with van der Waals surface area (Å²) in [7, 11) is 0. The molecule has 0 fully saturated rings. The summed E-state index contributed by atoms with van der Waals surface area (Å²) in [6.45, 7) is 11.2. The standard InChI is InChI=1S/C16H22N4/c1-11-7-6-8-17-14(11)15-19-12(2)9-13(20-15)10-18-16(3,4)5/h6-9,18H,10H2,1-5H3. The third kappa shape index (κ3) is 3.84. The van der Waals surface area contributed by atoms with E-state index in [1.165, 1.54) is 0 Å². The van der Waals surface area contributed by atoms with E-state index in [2.05, 4.69) is 41.0 Å². The van der Waals surface area contributed by atoms with Gasteiger partial charge in [0.1, 0.15) is 5.69 Å². The van der Waals surface area contributed by atoms with E-state index in [0.717, 1.165) is 29.2 Å². The molecule has 0 aliphatic rings. The van der Waals surface area contributed by atoms with E-state index in [1.54, 1.807) is 6.20 Å². The molecule has 0 amide bonds. The van der Waals surface area contributed by atoms with Crippen LogP contribution >= 0.6 is 0 Å². The van der Waals surface area contributed by atoms with Crippen LogP contribution in [-0.2, 0) is 6.54 Å². The number of hydrogen-bond acceptors (Lipinski definition) is 4. The number of aromatic nitrogens is 3. The highest BCUT2D eigenvalue weighted by Gasteiger charge is 2.12. The fourth-order valence-electron chi connectivity index (χ4n) is 1.91.